The molecule has 0 saturated heterocycles. The van der Waals surface area contributed by atoms with Gasteiger partial charge >= 0.3 is 5.97 Å². The highest BCUT2D eigenvalue weighted by Gasteiger charge is 2.33. The molecule has 0 bridgehead atoms. The topological polar surface area (TPSA) is 26.3 Å². The van der Waals surface area contributed by atoms with Crippen LogP contribution in [0.5, 0.6) is 0 Å². The molecule has 1 atom stereocenters. The van der Waals surface area contributed by atoms with Crippen LogP contribution in [-0.2, 0) is 4.74 Å². The molecule has 0 heterocycles. The first-order valence-corrected chi connectivity index (χ1v) is 13.2. The molecule has 1 aliphatic carbocycles. The predicted molar refractivity (Wildman–Crippen MR) is 142 cm³/mol. The molecular weight excluding hydrogens is 523 g/mol. The Morgan fingerprint density at radius 2 is 1.18 bits per heavy atom. The van der Waals surface area contributed by atoms with E-state index in [1.54, 1.807) is 18.2 Å². The van der Waals surface area contributed by atoms with E-state index >= 15 is 0 Å². The van der Waals surface area contributed by atoms with Gasteiger partial charge in [-0.15, -0.1) is 0 Å². The molecule has 40 heavy (non-hydrogen) atoms. The molecule has 1 aliphatic rings. The Hall–Kier alpha value is -4.00. The third-order valence-corrected chi connectivity index (χ3v) is 7.69. The number of carbonyl (C=O) groups is 1. The van der Waals surface area contributed by atoms with E-state index in [-0.39, 0.29) is 11.1 Å². The second-order valence-corrected chi connectivity index (χ2v) is 10.3. The van der Waals surface area contributed by atoms with E-state index in [2.05, 4.69) is 19.1 Å². The maximum absolute atomic E-state index is 14.7. The van der Waals surface area contributed by atoms with E-state index < -0.39 is 46.7 Å². The molecule has 206 valence electrons. The lowest BCUT2D eigenvalue weighted by Gasteiger charge is -2.26. The van der Waals surface area contributed by atoms with Gasteiger partial charge in [0, 0.05) is 0 Å². The lowest BCUT2D eigenvalue weighted by molar-refractivity contribution is 0.0362. The lowest BCUT2D eigenvalue weighted by atomic mass is 9.79. The van der Waals surface area contributed by atoms with Crippen LogP contribution in [0.25, 0.3) is 11.1 Å². The fourth-order valence-corrected chi connectivity index (χ4v) is 5.29. The van der Waals surface area contributed by atoms with Crippen molar-refractivity contribution in [1.82, 2.24) is 0 Å². The highest BCUT2D eigenvalue weighted by atomic mass is 19.2. The van der Waals surface area contributed by atoms with Crippen molar-refractivity contribution in [3.63, 3.8) is 0 Å². The van der Waals surface area contributed by atoms with Crippen molar-refractivity contribution in [2.75, 3.05) is 0 Å². The largest absolute Gasteiger partial charge is 0.449 e. The molecule has 0 aromatic heterocycles. The minimum Gasteiger partial charge on any atom is -0.449 e. The van der Waals surface area contributed by atoms with Crippen molar-refractivity contribution in [3.8, 4) is 11.1 Å². The molecule has 1 saturated carbocycles. The second kappa shape index (κ2) is 11.6. The molecule has 0 N–H and O–H groups in total. The van der Waals surface area contributed by atoms with Crippen molar-refractivity contribution in [2.24, 2.45) is 5.92 Å². The Bertz CT molecular complexity index is 1460. The highest BCUT2D eigenvalue weighted by molar-refractivity contribution is 5.90. The Kier molecular flexibility index (Phi) is 8.01. The Balaban J connectivity index is 1.38. The van der Waals surface area contributed by atoms with Gasteiger partial charge in [-0.1, -0.05) is 86.5 Å². The van der Waals surface area contributed by atoms with Gasteiger partial charge < -0.3 is 4.74 Å². The van der Waals surface area contributed by atoms with Crippen LogP contribution in [0.2, 0.25) is 0 Å². The number of ether oxygens (including phenoxy) is 1. The van der Waals surface area contributed by atoms with E-state index in [1.165, 1.54) is 67.6 Å². The summed E-state index contributed by atoms with van der Waals surface area (Å²) in [5, 5.41) is 0. The summed E-state index contributed by atoms with van der Waals surface area (Å²) in [6.07, 6.45) is 2.98. The summed E-state index contributed by atoms with van der Waals surface area (Å²) in [6.45, 7) is 2.29. The van der Waals surface area contributed by atoms with Gasteiger partial charge in [0.05, 0.1) is 11.1 Å². The van der Waals surface area contributed by atoms with E-state index in [4.69, 9.17) is 4.74 Å². The summed E-state index contributed by atoms with van der Waals surface area (Å²) in [5.41, 5.74) is 1.98. The first-order chi connectivity index (χ1) is 19.2. The molecule has 4 aromatic rings. The predicted octanol–water partition coefficient (Wildman–Crippen LogP) is 9.29. The Morgan fingerprint density at radius 1 is 0.675 bits per heavy atom. The standard InChI is InChI=1S/C33H27F5O2/c1-19-7-9-20(10-8-19)21-11-13-22(14-12-21)23-15-17-25(18-16-23)33(39)40-32(24-5-3-2-4-6-24)26-27(34)29(36)31(38)30(37)28(26)35/h2-6,11-20,32H,7-10H2,1H3. The average Bonchev–Trinajstić information content (AvgIpc) is 2.99. The van der Waals surface area contributed by atoms with Crippen LogP contribution in [0.4, 0.5) is 22.0 Å². The molecule has 1 fully saturated rings. The zero-order valence-electron chi connectivity index (χ0n) is 21.8. The highest BCUT2D eigenvalue weighted by Crippen LogP contribution is 2.37. The summed E-state index contributed by atoms with van der Waals surface area (Å²) in [6, 6.07) is 22.1. The molecule has 0 aliphatic heterocycles. The van der Waals surface area contributed by atoms with Gasteiger partial charge in [-0.05, 0) is 59.1 Å². The minimum atomic E-state index is -2.28. The molecule has 7 heteroatoms. The lowest BCUT2D eigenvalue weighted by Crippen LogP contribution is -2.18. The fourth-order valence-electron chi connectivity index (χ4n) is 5.29. The van der Waals surface area contributed by atoms with Crippen LogP contribution in [-0.4, -0.2) is 5.97 Å². The quantitative estimate of drug-likeness (QED) is 0.104. The van der Waals surface area contributed by atoms with Gasteiger partial charge in [0.25, 0.3) is 0 Å². The average molecular weight is 551 g/mol. The van der Waals surface area contributed by atoms with E-state index in [9.17, 15) is 26.7 Å². The third-order valence-electron chi connectivity index (χ3n) is 7.69. The molecule has 2 nitrogen and oxygen atoms in total. The number of carbonyl (C=O) groups excluding carboxylic acids is 1. The molecule has 1 unspecified atom stereocenters. The number of hydrogen-bond donors (Lipinski definition) is 0. The van der Waals surface area contributed by atoms with Gasteiger partial charge in [-0.25, -0.2) is 26.7 Å². The monoisotopic (exact) mass is 550 g/mol. The van der Waals surface area contributed by atoms with Crippen molar-refractivity contribution in [2.45, 2.75) is 44.6 Å². The second-order valence-electron chi connectivity index (χ2n) is 10.3. The van der Waals surface area contributed by atoms with Crippen LogP contribution in [0.15, 0.2) is 78.9 Å². The molecule has 4 aromatic carbocycles. The minimum absolute atomic E-state index is 0.0446. The zero-order valence-corrected chi connectivity index (χ0v) is 21.8. The van der Waals surface area contributed by atoms with Crippen LogP contribution in [0.3, 0.4) is 0 Å². The number of esters is 1. The zero-order chi connectivity index (χ0) is 28.4. The summed E-state index contributed by atoms with van der Waals surface area (Å²) < 4.78 is 76.4. The van der Waals surface area contributed by atoms with E-state index in [0.717, 1.165) is 17.0 Å². The van der Waals surface area contributed by atoms with Crippen LogP contribution >= 0.6 is 0 Å². The number of hydrogen-bond acceptors (Lipinski definition) is 2. The summed E-state index contributed by atoms with van der Waals surface area (Å²) in [4.78, 5) is 13.0. The molecule has 0 radical (unpaired) electrons. The van der Waals surface area contributed by atoms with Crippen LogP contribution in [0, 0.1) is 35.0 Å². The fraction of sp³-hybridized carbons (Fsp3) is 0.242. The van der Waals surface area contributed by atoms with Crippen molar-refractivity contribution in [3.05, 3.63) is 130 Å². The number of halogens is 5. The smallest absolute Gasteiger partial charge is 0.339 e. The normalized spacial score (nSPS) is 17.9. The van der Waals surface area contributed by atoms with Gasteiger partial charge in [-0.2, -0.15) is 0 Å². The molecular formula is C33H27F5O2. The summed E-state index contributed by atoms with van der Waals surface area (Å²) >= 11 is 0. The summed E-state index contributed by atoms with van der Waals surface area (Å²) in [5.74, 6) is -10.3. The maximum Gasteiger partial charge on any atom is 0.339 e. The summed E-state index contributed by atoms with van der Waals surface area (Å²) in [7, 11) is 0. The number of rotatable bonds is 6. The van der Waals surface area contributed by atoms with Gasteiger partial charge in [0.15, 0.2) is 29.4 Å². The third kappa shape index (κ3) is 5.51. The first-order valence-electron chi connectivity index (χ1n) is 13.2. The van der Waals surface area contributed by atoms with Crippen molar-refractivity contribution >= 4 is 5.97 Å². The Morgan fingerprint density at radius 3 is 1.73 bits per heavy atom. The molecule has 0 amide bonds. The number of benzene rings is 4. The Labute approximate surface area is 229 Å². The van der Waals surface area contributed by atoms with E-state index in [0.29, 0.717) is 5.92 Å². The van der Waals surface area contributed by atoms with Crippen molar-refractivity contribution < 1.29 is 31.5 Å². The van der Waals surface area contributed by atoms with Gasteiger partial charge in [0.1, 0.15) is 0 Å². The molecule has 0 spiro atoms. The SMILES string of the molecule is CC1CCC(c2ccc(-c3ccc(C(=O)OC(c4ccccc4)c4c(F)c(F)c(F)c(F)c4F)cc3)cc2)CC1. The van der Waals surface area contributed by atoms with Gasteiger partial charge in [-0.3, -0.25) is 0 Å². The van der Waals surface area contributed by atoms with Gasteiger partial charge in [0.2, 0.25) is 5.82 Å². The van der Waals surface area contributed by atoms with E-state index in [1.807, 2.05) is 12.1 Å². The maximum atomic E-state index is 14.7. The molecule has 5 rings (SSSR count). The van der Waals surface area contributed by atoms with Crippen LogP contribution in [0.1, 0.15) is 71.7 Å². The van der Waals surface area contributed by atoms with Crippen LogP contribution < -0.4 is 0 Å². The first kappa shape index (κ1) is 27.6. The van der Waals surface area contributed by atoms with Crippen molar-refractivity contribution in [1.29, 1.82) is 0 Å².